The Balaban J connectivity index is 1.78. The molecule has 1 atom stereocenters. The molecule has 0 amide bonds. The fourth-order valence-corrected chi connectivity index (χ4v) is 2.69. The first-order valence-electron chi connectivity index (χ1n) is 6.77. The number of H-pyrrole nitrogens is 1. The van der Waals surface area contributed by atoms with Crippen LogP contribution in [0.15, 0.2) is 24.5 Å². The molecule has 1 unspecified atom stereocenters. The summed E-state index contributed by atoms with van der Waals surface area (Å²) < 4.78 is 10.8. The van der Waals surface area contributed by atoms with Crippen molar-refractivity contribution in [1.29, 1.82) is 0 Å². The number of morpholine rings is 1. The molecule has 2 aromatic rings. The van der Waals surface area contributed by atoms with E-state index in [-0.39, 0.29) is 6.04 Å². The van der Waals surface area contributed by atoms with Gasteiger partial charge in [0.05, 0.1) is 31.4 Å². The third kappa shape index (κ3) is 3.18. The van der Waals surface area contributed by atoms with Crippen LogP contribution in [-0.2, 0) is 11.3 Å². The van der Waals surface area contributed by atoms with Gasteiger partial charge >= 0.3 is 0 Å². The van der Waals surface area contributed by atoms with Crippen molar-refractivity contribution in [1.82, 2.24) is 20.1 Å². The van der Waals surface area contributed by atoms with E-state index in [2.05, 4.69) is 20.1 Å². The highest BCUT2D eigenvalue weighted by Gasteiger charge is 2.26. The summed E-state index contributed by atoms with van der Waals surface area (Å²) in [6, 6.07) is 5.93. The van der Waals surface area contributed by atoms with Crippen LogP contribution in [0, 0.1) is 0 Å². The lowest BCUT2D eigenvalue weighted by molar-refractivity contribution is -0.0158. The molecule has 1 aromatic carbocycles. The number of hydrogen-bond donors (Lipinski definition) is 1. The number of aromatic nitrogens is 3. The van der Waals surface area contributed by atoms with Crippen LogP contribution in [-0.4, -0.2) is 46.9 Å². The van der Waals surface area contributed by atoms with Crippen LogP contribution >= 0.6 is 11.6 Å². The van der Waals surface area contributed by atoms with E-state index >= 15 is 0 Å². The molecule has 0 saturated carbocycles. The second kappa shape index (κ2) is 6.43. The van der Waals surface area contributed by atoms with Gasteiger partial charge in [0.2, 0.25) is 0 Å². The highest BCUT2D eigenvalue weighted by molar-refractivity contribution is 6.32. The average Bonchev–Trinajstić information content (AvgIpc) is 3.04. The first-order valence-corrected chi connectivity index (χ1v) is 7.15. The molecule has 112 valence electrons. The molecule has 0 aliphatic carbocycles. The van der Waals surface area contributed by atoms with E-state index in [9.17, 15) is 0 Å². The first kappa shape index (κ1) is 14.3. The second-order valence-corrected chi connectivity index (χ2v) is 5.31. The number of nitrogens with one attached hydrogen (secondary N) is 1. The van der Waals surface area contributed by atoms with Crippen LogP contribution in [0.5, 0.6) is 5.75 Å². The number of nitrogens with zero attached hydrogens (tertiary/aromatic N) is 3. The van der Waals surface area contributed by atoms with Crippen molar-refractivity contribution in [3.63, 3.8) is 0 Å². The molecule has 0 radical (unpaired) electrons. The summed E-state index contributed by atoms with van der Waals surface area (Å²) in [7, 11) is 1.62. The standard InChI is InChI=1S/C14H17ClN4O2/c1-20-13-6-10(2-3-11(13)15)7-19-4-5-21-8-12(19)14-16-9-17-18-14/h2-3,6,9,12H,4-5,7-8H2,1H3,(H,16,17,18). The summed E-state index contributed by atoms with van der Waals surface area (Å²) in [6.45, 7) is 2.95. The maximum atomic E-state index is 6.07. The van der Waals surface area contributed by atoms with Crippen LogP contribution in [0.3, 0.4) is 0 Å². The number of ether oxygens (including phenoxy) is 2. The van der Waals surface area contributed by atoms with Gasteiger partial charge in [0.25, 0.3) is 0 Å². The lowest BCUT2D eigenvalue weighted by Crippen LogP contribution is -2.39. The molecule has 6 nitrogen and oxygen atoms in total. The van der Waals surface area contributed by atoms with Gasteiger partial charge in [0.1, 0.15) is 17.9 Å². The lowest BCUT2D eigenvalue weighted by atomic mass is 10.1. The monoisotopic (exact) mass is 308 g/mol. The quantitative estimate of drug-likeness (QED) is 0.936. The number of hydrogen-bond acceptors (Lipinski definition) is 5. The Hall–Kier alpha value is -1.63. The predicted octanol–water partition coefficient (Wildman–Crippen LogP) is 2.04. The van der Waals surface area contributed by atoms with Crippen molar-refractivity contribution in [3.8, 4) is 5.75 Å². The molecule has 0 bridgehead atoms. The van der Waals surface area contributed by atoms with Crippen molar-refractivity contribution in [2.75, 3.05) is 26.9 Å². The van der Waals surface area contributed by atoms with E-state index in [0.29, 0.717) is 17.4 Å². The van der Waals surface area contributed by atoms with Crippen molar-refractivity contribution >= 4 is 11.6 Å². The fourth-order valence-electron chi connectivity index (χ4n) is 2.49. The van der Waals surface area contributed by atoms with E-state index in [4.69, 9.17) is 21.1 Å². The highest BCUT2D eigenvalue weighted by Crippen LogP contribution is 2.28. The minimum Gasteiger partial charge on any atom is -0.495 e. The molecule has 1 N–H and O–H groups in total. The molecule has 2 heterocycles. The van der Waals surface area contributed by atoms with Gasteiger partial charge in [-0.05, 0) is 17.7 Å². The Morgan fingerprint density at radius 3 is 3.19 bits per heavy atom. The lowest BCUT2D eigenvalue weighted by Gasteiger charge is -2.34. The first-order chi connectivity index (χ1) is 10.3. The number of rotatable bonds is 4. The van der Waals surface area contributed by atoms with Gasteiger partial charge in [0.15, 0.2) is 0 Å². The zero-order chi connectivity index (χ0) is 14.7. The molecule has 1 aliphatic heterocycles. The number of benzene rings is 1. The minimum absolute atomic E-state index is 0.0860. The smallest absolute Gasteiger partial charge is 0.143 e. The Bertz CT molecular complexity index is 591. The molecule has 1 fully saturated rings. The maximum absolute atomic E-state index is 6.07. The average molecular weight is 309 g/mol. The molecule has 7 heteroatoms. The Kier molecular flexibility index (Phi) is 4.38. The van der Waals surface area contributed by atoms with Crippen molar-refractivity contribution in [2.24, 2.45) is 0 Å². The summed E-state index contributed by atoms with van der Waals surface area (Å²) in [4.78, 5) is 6.56. The maximum Gasteiger partial charge on any atom is 0.143 e. The summed E-state index contributed by atoms with van der Waals surface area (Å²) in [5, 5.41) is 7.47. The Labute approximate surface area is 128 Å². The normalized spacial score (nSPS) is 19.6. The molecule has 1 aliphatic rings. The van der Waals surface area contributed by atoms with Gasteiger partial charge in [-0.25, -0.2) is 4.98 Å². The number of halogens is 1. The molecule has 1 saturated heterocycles. The van der Waals surface area contributed by atoms with E-state index in [1.807, 2.05) is 18.2 Å². The highest BCUT2D eigenvalue weighted by atomic mass is 35.5. The second-order valence-electron chi connectivity index (χ2n) is 4.90. The van der Waals surface area contributed by atoms with Crippen molar-refractivity contribution in [2.45, 2.75) is 12.6 Å². The van der Waals surface area contributed by atoms with Crippen LogP contribution < -0.4 is 4.74 Å². The fraction of sp³-hybridized carbons (Fsp3) is 0.429. The summed E-state index contributed by atoms with van der Waals surface area (Å²) >= 11 is 6.07. The van der Waals surface area contributed by atoms with Gasteiger partial charge < -0.3 is 9.47 Å². The van der Waals surface area contributed by atoms with Crippen molar-refractivity contribution in [3.05, 3.63) is 40.9 Å². The van der Waals surface area contributed by atoms with Gasteiger partial charge in [-0.15, -0.1) is 0 Å². The topological polar surface area (TPSA) is 63.3 Å². The van der Waals surface area contributed by atoms with Gasteiger partial charge in [-0.3, -0.25) is 10.00 Å². The van der Waals surface area contributed by atoms with Crippen LogP contribution in [0.1, 0.15) is 17.4 Å². The van der Waals surface area contributed by atoms with Crippen LogP contribution in [0.2, 0.25) is 5.02 Å². The number of methoxy groups -OCH3 is 1. The van der Waals surface area contributed by atoms with Crippen LogP contribution in [0.25, 0.3) is 0 Å². The SMILES string of the molecule is COc1cc(CN2CCOCC2c2ncn[nH]2)ccc1Cl. The van der Waals surface area contributed by atoms with E-state index in [0.717, 1.165) is 31.1 Å². The third-order valence-corrected chi connectivity index (χ3v) is 3.90. The van der Waals surface area contributed by atoms with Gasteiger partial charge in [-0.1, -0.05) is 17.7 Å². The van der Waals surface area contributed by atoms with Gasteiger partial charge in [0, 0.05) is 13.1 Å². The predicted molar refractivity (Wildman–Crippen MR) is 78.4 cm³/mol. The summed E-state index contributed by atoms with van der Waals surface area (Å²) in [5.41, 5.74) is 1.14. The van der Waals surface area contributed by atoms with E-state index in [1.54, 1.807) is 7.11 Å². The zero-order valence-corrected chi connectivity index (χ0v) is 12.5. The Morgan fingerprint density at radius 1 is 1.52 bits per heavy atom. The molecule has 0 spiro atoms. The zero-order valence-electron chi connectivity index (χ0n) is 11.8. The Morgan fingerprint density at radius 2 is 2.43 bits per heavy atom. The summed E-state index contributed by atoms with van der Waals surface area (Å²) in [6.07, 6.45) is 1.52. The number of aromatic amines is 1. The molecular weight excluding hydrogens is 292 g/mol. The molecule has 1 aromatic heterocycles. The largest absolute Gasteiger partial charge is 0.495 e. The van der Waals surface area contributed by atoms with Crippen LogP contribution in [0.4, 0.5) is 0 Å². The molecule has 3 rings (SSSR count). The third-order valence-electron chi connectivity index (χ3n) is 3.59. The van der Waals surface area contributed by atoms with E-state index < -0.39 is 0 Å². The molecular formula is C14H17ClN4O2. The minimum atomic E-state index is 0.0860. The summed E-state index contributed by atoms with van der Waals surface area (Å²) in [5.74, 6) is 1.52. The van der Waals surface area contributed by atoms with Crippen molar-refractivity contribution < 1.29 is 9.47 Å². The van der Waals surface area contributed by atoms with E-state index in [1.165, 1.54) is 6.33 Å². The molecule has 21 heavy (non-hydrogen) atoms. The van der Waals surface area contributed by atoms with Gasteiger partial charge in [-0.2, -0.15) is 5.10 Å².